The predicted molar refractivity (Wildman–Crippen MR) is 116 cm³/mol. The van der Waals surface area contributed by atoms with E-state index in [1.54, 1.807) is 11.3 Å². The standard InChI is InChI=1S/C23H28N2O4S/c1-15(16-9-5-4-6-10-16)24-22(27)28-21-19(25-13-8-7-11-18(25)26)20-17(12-14-30-20)29-23(21,2)3/h4-6,9-10,12,14-15,19,21H,7-8,11,13H2,1-3H3,(H,24,27)/t15-,19+,21-/m0/s1. The summed E-state index contributed by atoms with van der Waals surface area (Å²) in [5, 5.41) is 4.88. The molecule has 3 heterocycles. The van der Waals surface area contributed by atoms with E-state index >= 15 is 0 Å². The number of carbonyl (C=O) groups excluding carboxylic acids is 2. The first-order valence-corrected chi connectivity index (χ1v) is 11.3. The molecule has 1 fully saturated rings. The van der Waals surface area contributed by atoms with Crippen molar-refractivity contribution in [3.8, 4) is 5.75 Å². The number of nitrogens with zero attached hydrogens (tertiary/aromatic N) is 1. The molecule has 1 aromatic carbocycles. The Morgan fingerprint density at radius 2 is 2.03 bits per heavy atom. The maximum Gasteiger partial charge on any atom is 0.408 e. The summed E-state index contributed by atoms with van der Waals surface area (Å²) in [4.78, 5) is 28.4. The Morgan fingerprint density at radius 1 is 1.27 bits per heavy atom. The molecule has 1 aromatic heterocycles. The first kappa shape index (κ1) is 20.7. The maximum atomic E-state index is 12.9. The van der Waals surface area contributed by atoms with E-state index in [0.717, 1.165) is 29.0 Å². The number of hydrogen-bond donors (Lipinski definition) is 1. The quantitative estimate of drug-likeness (QED) is 0.757. The molecule has 0 spiro atoms. The Bertz CT molecular complexity index is 911. The molecule has 0 aliphatic carbocycles. The van der Waals surface area contributed by atoms with Gasteiger partial charge < -0.3 is 19.7 Å². The highest BCUT2D eigenvalue weighted by Crippen LogP contribution is 2.47. The van der Waals surface area contributed by atoms with Gasteiger partial charge in [-0.25, -0.2) is 4.79 Å². The first-order chi connectivity index (χ1) is 14.4. The van der Waals surface area contributed by atoms with Crippen LogP contribution in [0, 0.1) is 0 Å². The predicted octanol–water partition coefficient (Wildman–Crippen LogP) is 4.83. The van der Waals surface area contributed by atoms with Crippen molar-refractivity contribution in [2.75, 3.05) is 6.54 Å². The van der Waals surface area contributed by atoms with E-state index in [1.807, 2.05) is 67.4 Å². The summed E-state index contributed by atoms with van der Waals surface area (Å²) in [7, 11) is 0. The van der Waals surface area contributed by atoms with Crippen LogP contribution < -0.4 is 10.1 Å². The number of amides is 2. The second-order valence-corrected chi connectivity index (χ2v) is 9.39. The second-order valence-electron chi connectivity index (χ2n) is 8.45. The third-order valence-electron chi connectivity index (χ3n) is 5.83. The van der Waals surface area contributed by atoms with Crippen molar-refractivity contribution in [1.82, 2.24) is 10.2 Å². The number of hydrogen-bond acceptors (Lipinski definition) is 5. The number of alkyl carbamates (subject to hydrolysis) is 1. The van der Waals surface area contributed by atoms with Crippen LogP contribution in [0.3, 0.4) is 0 Å². The Kier molecular flexibility index (Phi) is 5.73. The fraction of sp³-hybridized carbons (Fsp3) is 0.478. The molecular weight excluding hydrogens is 400 g/mol. The number of fused-ring (bicyclic) bond motifs is 1. The minimum atomic E-state index is -0.774. The van der Waals surface area contributed by atoms with E-state index in [9.17, 15) is 9.59 Å². The average molecular weight is 429 g/mol. The van der Waals surface area contributed by atoms with Crippen molar-refractivity contribution < 1.29 is 19.1 Å². The van der Waals surface area contributed by atoms with Crippen LogP contribution in [0.5, 0.6) is 5.75 Å². The van der Waals surface area contributed by atoms with Gasteiger partial charge in [0.05, 0.1) is 10.9 Å². The molecular formula is C23H28N2O4S. The van der Waals surface area contributed by atoms with Gasteiger partial charge in [-0.1, -0.05) is 30.3 Å². The third kappa shape index (κ3) is 4.03. The molecule has 2 amide bonds. The molecule has 1 saturated heterocycles. The summed E-state index contributed by atoms with van der Waals surface area (Å²) in [5.41, 5.74) is 0.223. The molecule has 0 radical (unpaired) electrons. The third-order valence-corrected chi connectivity index (χ3v) is 6.80. The second kappa shape index (κ2) is 8.30. The van der Waals surface area contributed by atoms with Crippen LogP contribution in [0.15, 0.2) is 41.8 Å². The van der Waals surface area contributed by atoms with Gasteiger partial charge in [-0.15, -0.1) is 11.3 Å². The maximum absolute atomic E-state index is 12.9. The molecule has 160 valence electrons. The Labute approximate surface area is 181 Å². The summed E-state index contributed by atoms with van der Waals surface area (Å²) >= 11 is 1.54. The first-order valence-electron chi connectivity index (χ1n) is 10.4. The summed E-state index contributed by atoms with van der Waals surface area (Å²) in [6.45, 7) is 6.40. The Morgan fingerprint density at radius 3 is 2.77 bits per heavy atom. The summed E-state index contributed by atoms with van der Waals surface area (Å²) < 4.78 is 12.2. The minimum Gasteiger partial charge on any atom is -0.483 e. The van der Waals surface area contributed by atoms with Crippen LogP contribution in [0.1, 0.15) is 62.6 Å². The number of carbonyl (C=O) groups is 2. The van der Waals surface area contributed by atoms with Crippen molar-refractivity contribution in [1.29, 1.82) is 0 Å². The van der Waals surface area contributed by atoms with E-state index in [4.69, 9.17) is 9.47 Å². The van der Waals surface area contributed by atoms with E-state index in [-0.39, 0.29) is 18.0 Å². The summed E-state index contributed by atoms with van der Waals surface area (Å²) in [6, 6.07) is 11.1. The van der Waals surface area contributed by atoms with Gasteiger partial charge in [-0.3, -0.25) is 4.79 Å². The molecule has 0 saturated carbocycles. The highest BCUT2D eigenvalue weighted by atomic mass is 32.1. The number of nitrogens with one attached hydrogen (secondary N) is 1. The summed E-state index contributed by atoms with van der Waals surface area (Å²) in [5.74, 6) is 0.876. The van der Waals surface area contributed by atoms with Crippen LogP contribution in [0.4, 0.5) is 4.79 Å². The smallest absolute Gasteiger partial charge is 0.408 e. The van der Waals surface area contributed by atoms with Gasteiger partial charge in [0, 0.05) is 13.0 Å². The van der Waals surface area contributed by atoms with Crippen LogP contribution in [0.25, 0.3) is 0 Å². The lowest BCUT2D eigenvalue weighted by molar-refractivity contribution is -0.147. The van der Waals surface area contributed by atoms with Crippen LogP contribution in [-0.2, 0) is 9.53 Å². The van der Waals surface area contributed by atoms with E-state index in [2.05, 4.69) is 5.32 Å². The Balaban J connectivity index is 1.58. The largest absolute Gasteiger partial charge is 0.483 e. The van der Waals surface area contributed by atoms with Crippen molar-refractivity contribution in [3.63, 3.8) is 0 Å². The number of benzene rings is 1. The van der Waals surface area contributed by atoms with Crippen molar-refractivity contribution >= 4 is 23.3 Å². The zero-order valence-corrected chi connectivity index (χ0v) is 18.4. The zero-order chi connectivity index (χ0) is 21.3. The highest BCUT2D eigenvalue weighted by Gasteiger charge is 2.51. The van der Waals surface area contributed by atoms with E-state index in [0.29, 0.717) is 13.0 Å². The molecule has 7 heteroatoms. The van der Waals surface area contributed by atoms with Crippen LogP contribution in [-0.4, -0.2) is 35.2 Å². The van der Waals surface area contributed by atoms with Gasteiger partial charge in [-0.2, -0.15) is 0 Å². The molecule has 0 unspecified atom stereocenters. The molecule has 0 bridgehead atoms. The van der Waals surface area contributed by atoms with Crippen molar-refractivity contribution in [2.24, 2.45) is 0 Å². The van der Waals surface area contributed by atoms with Crippen molar-refractivity contribution in [3.05, 3.63) is 52.2 Å². The number of ether oxygens (including phenoxy) is 2. The number of likely N-dealkylation sites (tertiary alicyclic amines) is 1. The molecule has 1 N–H and O–H groups in total. The van der Waals surface area contributed by atoms with Crippen LogP contribution >= 0.6 is 11.3 Å². The lowest BCUT2D eigenvalue weighted by Gasteiger charge is -2.47. The molecule has 2 aliphatic rings. The highest BCUT2D eigenvalue weighted by molar-refractivity contribution is 7.10. The molecule has 6 nitrogen and oxygen atoms in total. The molecule has 2 aromatic rings. The summed E-state index contributed by atoms with van der Waals surface area (Å²) in [6.07, 6.45) is 1.26. The number of rotatable bonds is 4. The van der Waals surface area contributed by atoms with E-state index in [1.165, 1.54) is 0 Å². The van der Waals surface area contributed by atoms with Gasteiger partial charge in [0.15, 0.2) is 6.10 Å². The van der Waals surface area contributed by atoms with Crippen LogP contribution in [0.2, 0.25) is 0 Å². The van der Waals surface area contributed by atoms with Gasteiger partial charge >= 0.3 is 6.09 Å². The molecule has 2 aliphatic heterocycles. The average Bonchev–Trinajstić information content (AvgIpc) is 3.17. The monoisotopic (exact) mass is 428 g/mol. The number of piperidine rings is 1. The molecule has 30 heavy (non-hydrogen) atoms. The fourth-order valence-electron chi connectivity index (χ4n) is 4.25. The normalized spacial score (nSPS) is 23.8. The van der Waals surface area contributed by atoms with Crippen molar-refractivity contribution in [2.45, 2.75) is 63.8 Å². The van der Waals surface area contributed by atoms with Gasteiger partial charge in [0.25, 0.3) is 0 Å². The lowest BCUT2D eigenvalue weighted by atomic mass is 9.88. The number of thiophene rings is 1. The van der Waals surface area contributed by atoms with Gasteiger partial charge in [-0.05, 0) is 50.6 Å². The SMILES string of the molecule is C[C@H](NC(=O)O[C@H]1[C@H](N2CCCCC2=O)c2sccc2OC1(C)C)c1ccccc1. The Hall–Kier alpha value is -2.54. The van der Waals surface area contributed by atoms with Gasteiger partial charge in [0.1, 0.15) is 17.4 Å². The molecule has 3 atom stereocenters. The minimum absolute atomic E-state index is 0.106. The van der Waals surface area contributed by atoms with E-state index < -0.39 is 17.8 Å². The lowest BCUT2D eigenvalue weighted by Crippen LogP contribution is -2.57. The molecule has 4 rings (SSSR count). The zero-order valence-electron chi connectivity index (χ0n) is 17.6. The van der Waals surface area contributed by atoms with Gasteiger partial charge in [0.2, 0.25) is 5.91 Å². The fourth-order valence-corrected chi connectivity index (χ4v) is 5.21. The topological polar surface area (TPSA) is 67.9 Å².